The molecule has 0 fully saturated rings. The van der Waals surface area contributed by atoms with E-state index in [4.69, 9.17) is 4.74 Å². The smallest absolute Gasteiger partial charge is 0.152 e. The van der Waals surface area contributed by atoms with Crippen LogP contribution in [0.4, 0.5) is 17.1 Å². The molecule has 2 aliphatic carbocycles. The van der Waals surface area contributed by atoms with Crippen LogP contribution in [0.2, 0.25) is 0 Å². The van der Waals surface area contributed by atoms with Crippen molar-refractivity contribution in [1.29, 1.82) is 0 Å². The number of ether oxygens (including phenoxy) is 1. The highest BCUT2D eigenvalue weighted by molar-refractivity contribution is 6.18. The van der Waals surface area contributed by atoms with Crippen molar-refractivity contribution in [2.24, 2.45) is 0 Å². The molecule has 0 bridgehead atoms. The summed E-state index contributed by atoms with van der Waals surface area (Å²) in [6.45, 7) is 0. The molecule has 0 saturated carbocycles. The van der Waals surface area contributed by atoms with E-state index in [0.717, 1.165) is 45.3 Å². The van der Waals surface area contributed by atoms with E-state index in [0.29, 0.717) is 0 Å². The third-order valence-electron chi connectivity index (χ3n) is 13.8. The van der Waals surface area contributed by atoms with E-state index in [2.05, 4.69) is 222 Å². The SMILES string of the molecule is c1ccc2c(c1)Oc1ccc(-c3ccc(N(c4cccc5c4-c4ccccc4C54c5ccccc5-c5ccccc54)c4cccc5ccccc45)cc3)c3c4ccccc4n-2c13. The van der Waals surface area contributed by atoms with Crippen LogP contribution in [-0.2, 0) is 5.41 Å². The zero-order valence-electron chi connectivity index (χ0n) is 33.6. The van der Waals surface area contributed by atoms with Gasteiger partial charge in [0.1, 0.15) is 0 Å². The largest absolute Gasteiger partial charge is 0.453 e. The summed E-state index contributed by atoms with van der Waals surface area (Å²) >= 11 is 0. The normalized spacial score (nSPS) is 13.4. The van der Waals surface area contributed by atoms with Crippen LogP contribution < -0.4 is 9.64 Å². The number of anilines is 3. The monoisotopic (exact) mass is 788 g/mol. The Morgan fingerprint density at radius 2 is 1.00 bits per heavy atom. The molecule has 3 heteroatoms. The van der Waals surface area contributed by atoms with Gasteiger partial charge in [-0.1, -0.05) is 164 Å². The van der Waals surface area contributed by atoms with Gasteiger partial charge in [0.15, 0.2) is 11.5 Å². The molecule has 11 aromatic rings. The summed E-state index contributed by atoms with van der Waals surface area (Å²) in [7, 11) is 0. The van der Waals surface area contributed by atoms with E-state index in [-0.39, 0.29) is 0 Å². The van der Waals surface area contributed by atoms with Crippen LogP contribution in [0.5, 0.6) is 11.5 Å². The summed E-state index contributed by atoms with van der Waals surface area (Å²) in [6, 6.07) is 80.3. The van der Waals surface area contributed by atoms with Crippen molar-refractivity contribution >= 4 is 49.6 Å². The Labute approximate surface area is 359 Å². The highest BCUT2D eigenvalue weighted by Gasteiger charge is 2.52. The first-order chi connectivity index (χ1) is 30.8. The van der Waals surface area contributed by atoms with Gasteiger partial charge >= 0.3 is 0 Å². The van der Waals surface area contributed by atoms with Crippen molar-refractivity contribution < 1.29 is 4.74 Å². The fourth-order valence-electron chi connectivity index (χ4n) is 11.4. The van der Waals surface area contributed by atoms with Gasteiger partial charge in [0.25, 0.3) is 0 Å². The van der Waals surface area contributed by atoms with Crippen LogP contribution in [-0.4, -0.2) is 4.57 Å². The highest BCUT2D eigenvalue weighted by atomic mass is 16.5. The van der Waals surface area contributed by atoms with Crippen molar-refractivity contribution in [3.05, 3.63) is 241 Å². The Morgan fingerprint density at radius 1 is 0.403 bits per heavy atom. The van der Waals surface area contributed by atoms with Crippen LogP contribution in [0.3, 0.4) is 0 Å². The standard InChI is InChI=1S/C59H36N2O/c1-2-17-40-37(15-1)16-13-28-50(40)60(53-29-14-25-49-57(53)44-20-5-9-24-48(44)59(49)46-22-7-3-18-42(46)43-19-4-8-23-47(43)59)39-33-31-38(32-34-39)41-35-36-55-58-56(41)45-21-6-10-26-51(45)61(58)52-27-11-12-30-54(52)62-55/h1-36H. The van der Waals surface area contributed by atoms with E-state index >= 15 is 0 Å². The Balaban J connectivity index is 1.01. The molecule has 3 aliphatic rings. The van der Waals surface area contributed by atoms with Gasteiger partial charge in [0.2, 0.25) is 0 Å². The number of fused-ring (bicyclic) bond motifs is 16. The van der Waals surface area contributed by atoms with Crippen molar-refractivity contribution in [3.8, 4) is 50.6 Å². The first-order valence-corrected chi connectivity index (χ1v) is 21.4. The maximum absolute atomic E-state index is 6.56. The fraction of sp³-hybridized carbons (Fsp3) is 0.0169. The van der Waals surface area contributed by atoms with Crippen molar-refractivity contribution in [2.75, 3.05) is 4.90 Å². The van der Waals surface area contributed by atoms with Crippen molar-refractivity contribution in [3.63, 3.8) is 0 Å². The molecule has 0 saturated heterocycles. The van der Waals surface area contributed by atoms with E-state index in [1.807, 2.05) is 6.07 Å². The van der Waals surface area contributed by atoms with Crippen molar-refractivity contribution in [2.45, 2.75) is 5.41 Å². The van der Waals surface area contributed by atoms with Gasteiger partial charge in [-0.05, 0) is 110 Å². The van der Waals surface area contributed by atoms with Gasteiger partial charge in [-0.2, -0.15) is 0 Å². The second-order valence-electron chi connectivity index (χ2n) is 16.7. The van der Waals surface area contributed by atoms with Gasteiger partial charge in [-0.25, -0.2) is 0 Å². The molecule has 1 aliphatic heterocycles. The number of hydrogen-bond donors (Lipinski definition) is 0. The number of hydrogen-bond acceptors (Lipinski definition) is 2. The lowest BCUT2D eigenvalue weighted by atomic mass is 9.70. The number of nitrogens with zero attached hydrogens (tertiary/aromatic N) is 2. The summed E-state index contributed by atoms with van der Waals surface area (Å²) in [6.07, 6.45) is 0. The molecule has 2 heterocycles. The predicted molar refractivity (Wildman–Crippen MR) is 255 cm³/mol. The molecule has 1 aromatic heterocycles. The maximum Gasteiger partial charge on any atom is 0.152 e. The minimum Gasteiger partial charge on any atom is -0.453 e. The van der Waals surface area contributed by atoms with E-state index in [9.17, 15) is 0 Å². The first-order valence-electron chi connectivity index (χ1n) is 21.4. The van der Waals surface area contributed by atoms with E-state index in [1.54, 1.807) is 0 Å². The molecule has 10 aromatic carbocycles. The molecule has 14 rings (SSSR count). The highest BCUT2D eigenvalue weighted by Crippen LogP contribution is 2.65. The molecule has 62 heavy (non-hydrogen) atoms. The Morgan fingerprint density at radius 3 is 1.81 bits per heavy atom. The topological polar surface area (TPSA) is 17.4 Å². The molecule has 0 N–H and O–H groups in total. The van der Waals surface area contributed by atoms with Gasteiger partial charge in [-0.15, -0.1) is 0 Å². The lowest BCUT2D eigenvalue weighted by Crippen LogP contribution is -2.26. The van der Waals surface area contributed by atoms with Crippen LogP contribution in [0.25, 0.3) is 71.6 Å². The quantitative estimate of drug-likeness (QED) is 0.177. The van der Waals surface area contributed by atoms with Crippen LogP contribution in [0.1, 0.15) is 22.3 Å². The molecule has 0 unspecified atom stereocenters. The van der Waals surface area contributed by atoms with Crippen LogP contribution >= 0.6 is 0 Å². The van der Waals surface area contributed by atoms with Gasteiger partial charge in [-0.3, -0.25) is 0 Å². The fourth-order valence-corrected chi connectivity index (χ4v) is 11.4. The molecule has 0 atom stereocenters. The number of aromatic nitrogens is 1. The van der Waals surface area contributed by atoms with Crippen LogP contribution in [0.15, 0.2) is 218 Å². The third kappa shape index (κ3) is 4.29. The lowest BCUT2D eigenvalue weighted by molar-refractivity contribution is 0.476. The minimum absolute atomic E-state index is 0.438. The summed E-state index contributed by atoms with van der Waals surface area (Å²) in [5, 5.41) is 4.82. The molecular formula is C59H36N2O. The lowest BCUT2D eigenvalue weighted by Gasteiger charge is -2.32. The Kier molecular flexibility index (Phi) is 6.76. The summed E-state index contributed by atoms with van der Waals surface area (Å²) in [5.41, 5.74) is 19.1. The third-order valence-corrected chi connectivity index (χ3v) is 13.8. The summed E-state index contributed by atoms with van der Waals surface area (Å²) in [5.74, 6) is 1.75. The predicted octanol–water partition coefficient (Wildman–Crippen LogP) is 15.5. The molecule has 0 amide bonds. The number of para-hydroxylation sites is 3. The molecule has 1 spiro atoms. The van der Waals surface area contributed by atoms with Crippen LogP contribution in [0, 0.1) is 0 Å². The average molecular weight is 789 g/mol. The Bertz CT molecular complexity index is 3640. The van der Waals surface area contributed by atoms with Gasteiger partial charge in [0, 0.05) is 27.4 Å². The second-order valence-corrected chi connectivity index (χ2v) is 16.7. The molecule has 0 radical (unpaired) electrons. The molecule has 3 nitrogen and oxygen atoms in total. The number of rotatable bonds is 4. The number of benzene rings is 10. The minimum atomic E-state index is -0.438. The van der Waals surface area contributed by atoms with E-state index in [1.165, 1.54) is 77.1 Å². The maximum atomic E-state index is 6.56. The Hall–Kier alpha value is -8.14. The zero-order chi connectivity index (χ0) is 40.5. The molecular weight excluding hydrogens is 753 g/mol. The zero-order valence-corrected chi connectivity index (χ0v) is 33.6. The molecule has 288 valence electrons. The second kappa shape index (κ2) is 12.4. The van der Waals surface area contributed by atoms with Gasteiger partial charge in [0.05, 0.1) is 33.5 Å². The first kappa shape index (κ1) is 33.7. The van der Waals surface area contributed by atoms with Crippen molar-refractivity contribution in [1.82, 2.24) is 4.57 Å². The average Bonchev–Trinajstić information content (AvgIpc) is 3.96. The summed E-state index contributed by atoms with van der Waals surface area (Å²) < 4.78 is 8.94. The van der Waals surface area contributed by atoms with Gasteiger partial charge < -0.3 is 14.2 Å². The van der Waals surface area contributed by atoms with E-state index < -0.39 is 5.41 Å². The summed E-state index contributed by atoms with van der Waals surface area (Å²) in [4.78, 5) is 2.50.